The van der Waals surface area contributed by atoms with E-state index in [2.05, 4.69) is 0 Å². The van der Waals surface area contributed by atoms with E-state index in [4.69, 9.17) is 11.6 Å². The Morgan fingerprint density at radius 3 is 2.34 bits per heavy atom. The van der Waals surface area contributed by atoms with Crippen molar-refractivity contribution in [2.75, 3.05) is 4.90 Å². The number of hydrogen-bond donors (Lipinski definition) is 2. The minimum atomic E-state index is -1.05. The number of ketones is 1. The van der Waals surface area contributed by atoms with Gasteiger partial charge >= 0.3 is 0 Å². The number of non-ortho nitro benzene ring substituents is 1. The number of Topliss-reactive ketones (excluding diaryl/α,β-unsaturated/α-hetero) is 1. The molecular formula is C23H15ClN2O6. The fourth-order valence-corrected chi connectivity index (χ4v) is 3.80. The van der Waals surface area contributed by atoms with Crippen molar-refractivity contribution in [1.29, 1.82) is 0 Å². The fraction of sp³-hybridized carbons (Fsp3) is 0.0435. The molecule has 0 bridgehead atoms. The predicted octanol–water partition coefficient (Wildman–Crippen LogP) is 4.58. The van der Waals surface area contributed by atoms with Crippen LogP contribution in [0.25, 0.3) is 5.76 Å². The van der Waals surface area contributed by atoms with Gasteiger partial charge in [0.25, 0.3) is 17.4 Å². The first-order valence-corrected chi connectivity index (χ1v) is 9.76. The van der Waals surface area contributed by atoms with E-state index in [1.807, 2.05) is 0 Å². The molecule has 4 rings (SSSR count). The maximum Gasteiger partial charge on any atom is 0.300 e. The molecule has 1 fully saturated rings. The van der Waals surface area contributed by atoms with Crippen LogP contribution in [0.1, 0.15) is 17.2 Å². The molecular weight excluding hydrogens is 436 g/mol. The van der Waals surface area contributed by atoms with Gasteiger partial charge in [-0.15, -0.1) is 0 Å². The molecule has 1 unspecified atom stereocenters. The normalized spacial score (nSPS) is 17.5. The van der Waals surface area contributed by atoms with E-state index in [0.717, 1.165) is 6.07 Å². The van der Waals surface area contributed by atoms with E-state index in [-0.39, 0.29) is 22.6 Å². The standard InChI is InChI=1S/C23H15ClN2O6/c24-15-4-2-5-16(12-15)25-20(13-7-9-18(27)10-8-13)19(22(29)23(25)30)21(28)14-3-1-6-17(11-14)26(31)32/h1-12,20,27-28H/b21-19-. The first-order chi connectivity index (χ1) is 15.3. The van der Waals surface area contributed by atoms with Crippen molar-refractivity contribution in [1.82, 2.24) is 0 Å². The SMILES string of the molecule is O=C1C(=O)N(c2cccc(Cl)c2)C(c2ccc(O)cc2)/C1=C(/O)c1cccc([N+](=O)[O-])c1. The van der Waals surface area contributed by atoms with Crippen LogP contribution in [0.5, 0.6) is 5.75 Å². The third-order valence-electron chi connectivity index (χ3n) is 5.07. The van der Waals surface area contributed by atoms with Crippen molar-refractivity contribution in [2.24, 2.45) is 0 Å². The lowest BCUT2D eigenvalue weighted by molar-refractivity contribution is -0.384. The molecule has 0 aliphatic carbocycles. The highest BCUT2D eigenvalue weighted by atomic mass is 35.5. The summed E-state index contributed by atoms with van der Waals surface area (Å²) in [7, 11) is 0. The smallest absolute Gasteiger partial charge is 0.300 e. The van der Waals surface area contributed by atoms with Crippen LogP contribution in [0, 0.1) is 10.1 Å². The predicted molar refractivity (Wildman–Crippen MR) is 117 cm³/mol. The number of hydrogen-bond acceptors (Lipinski definition) is 6. The molecule has 0 radical (unpaired) electrons. The fourth-order valence-electron chi connectivity index (χ4n) is 3.62. The van der Waals surface area contributed by atoms with Gasteiger partial charge in [-0.1, -0.05) is 41.9 Å². The van der Waals surface area contributed by atoms with Gasteiger partial charge in [0.2, 0.25) is 0 Å². The number of aliphatic hydroxyl groups is 1. The number of amides is 1. The Hall–Kier alpha value is -4.17. The van der Waals surface area contributed by atoms with Crippen LogP contribution < -0.4 is 4.90 Å². The highest BCUT2D eigenvalue weighted by molar-refractivity contribution is 6.51. The molecule has 1 amide bonds. The van der Waals surface area contributed by atoms with Crippen LogP contribution in [-0.4, -0.2) is 26.8 Å². The molecule has 2 N–H and O–H groups in total. The Morgan fingerprint density at radius 2 is 1.69 bits per heavy atom. The van der Waals surface area contributed by atoms with Crippen molar-refractivity contribution < 1.29 is 24.7 Å². The van der Waals surface area contributed by atoms with Crippen LogP contribution in [0.2, 0.25) is 5.02 Å². The number of nitro benzene ring substituents is 1. The van der Waals surface area contributed by atoms with E-state index >= 15 is 0 Å². The third-order valence-corrected chi connectivity index (χ3v) is 5.31. The summed E-state index contributed by atoms with van der Waals surface area (Å²) in [5, 5.41) is 32.2. The Balaban J connectivity index is 1.95. The summed E-state index contributed by atoms with van der Waals surface area (Å²) >= 11 is 6.08. The van der Waals surface area contributed by atoms with E-state index in [9.17, 15) is 29.9 Å². The highest BCUT2D eigenvalue weighted by Crippen LogP contribution is 2.43. The number of aliphatic hydroxyl groups excluding tert-OH is 1. The van der Waals surface area contributed by atoms with Gasteiger partial charge in [0.15, 0.2) is 0 Å². The van der Waals surface area contributed by atoms with Gasteiger partial charge in [0, 0.05) is 28.4 Å². The lowest BCUT2D eigenvalue weighted by Gasteiger charge is -2.25. The van der Waals surface area contributed by atoms with E-state index < -0.39 is 28.4 Å². The second-order valence-corrected chi connectivity index (χ2v) is 7.48. The monoisotopic (exact) mass is 450 g/mol. The summed E-state index contributed by atoms with van der Waals surface area (Å²) in [6.45, 7) is 0. The molecule has 1 saturated heterocycles. The largest absolute Gasteiger partial charge is 0.508 e. The molecule has 0 saturated carbocycles. The number of carbonyl (C=O) groups excluding carboxylic acids is 2. The van der Waals surface area contributed by atoms with Crippen molar-refractivity contribution in [3.05, 3.63) is 105 Å². The number of phenols is 1. The number of nitro groups is 1. The topological polar surface area (TPSA) is 121 Å². The molecule has 0 spiro atoms. The van der Waals surface area contributed by atoms with Crippen LogP contribution in [0.3, 0.4) is 0 Å². The minimum absolute atomic E-state index is 0.0204. The van der Waals surface area contributed by atoms with E-state index in [1.54, 1.807) is 18.2 Å². The number of carbonyl (C=O) groups is 2. The maximum atomic E-state index is 13.0. The average Bonchev–Trinajstić information content (AvgIpc) is 3.04. The molecule has 1 atom stereocenters. The molecule has 1 aliphatic heterocycles. The number of rotatable bonds is 4. The average molecular weight is 451 g/mol. The van der Waals surface area contributed by atoms with E-state index in [0.29, 0.717) is 16.3 Å². The molecule has 1 aliphatic rings. The van der Waals surface area contributed by atoms with Crippen LogP contribution in [0.15, 0.2) is 78.4 Å². The Bertz CT molecular complexity index is 1290. The first kappa shape index (κ1) is 21.1. The number of nitrogens with zero attached hydrogens (tertiary/aromatic N) is 2. The zero-order valence-corrected chi connectivity index (χ0v) is 17.1. The van der Waals surface area contributed by atoms with Gasteiger partial charge in [-0.05, 0) is 35.9 Å². The molecule has 9 heteroatoms. The second-order valence-electron chi connectivity index (χ2n) is 7.05. The van der Waals surface area contributed by atoms with Crippen molar-refractivity contribution in [2.45, 2.75) is 6.04 Å². The van der Waals surface area contributed by atoms with Crippen LogP contribution in [0.4, 0.5) is 11.4 Å². The Labute approximate surface area is 186 Å². The molecule has 160 valence electrons. The van der Waals surface area contributed by atoms with Crippen molar-refractivity contribution in [3.63, 3.8) is 0 Å². The summed E-state index contributed by atoms with van der Waals surface area (Å²) in [5.41, 5.74) is 0.275. The van der Waals surface area contributed by atoms with Gasteiger partial charge in [0.1, 0.15) is 11.5 Å². The van der Waals surface area contributed by atoms with Crippen molar-refractivity contribution >= 4 is 40.4 Å². The third kappa shape index (κ3) is 3.67. The van der Waals surface area contributed by atoms with Crippen molar-refractivity contribution in [3.8, 4) is 5.75 Å². The molecule has 0 aromatic heterocycles. The van der Waals surface area contributed by atoms with Crippen LogP contribution in [-0.2, 0) is 9.59 Å². The number of anilines is 1. The lowest BCUT2D eigenvalue weighted by atomic mass is 9.95. The zero-order chi connectivity index (χ0) is 23.0. The number of phenolic OH excluding ortho intramolecular Hbond substituents is 1. The quantitative estimate of drug-likeness (QED) is 0.197. The summed E-state index contributed by atoms with van der Waals surface area (Å²) in [4.78, 5) is 37.8. The van der Waals surface area contributed by atoms with E-state index in [1.165, 1.54) is 53.4 Å². The summed E-state index contributed by atoms with van der Waals surface area (Å²) < 4.78 is 0. The zero-order valence-electron chi connectivity index (χ0n) is 16.3. The molecule has 3 aromatic carbocycles. The number of benzene rings is 3. The summed E-state index contributed by atoms with van der Waals surface area (Å²) in [6.07, 6.45) is 0. The molecule has 8 nitrogen and oxygen atoms in total. The molecule has 32 heavy (non-hydrogen) atoms. The van der Waals surface area contributed by atoms with Gasteiger partial charge in [-0.3, -0.25) is 24.6 Å². The van der Waals surface area contributed by atoms with Gasteiger partial charge < -0.3 is 10.2 Å². The number of aromatic hydroxyl groups is 1. The summed E-state index contributed by atoms with van der Waals surface area (Å²) in [6, 6.07) is 16.2. The molecule has 3 aromatic rings. The van der Waals surface area contributed by atoms with Gasteiger partial charge in [-0.2, -0.15) is 0 Å². The first-order valence-electron chi connectivity index (χ1n) is 9.38. The molecule has 1 heterocycles. The Kier molecular flexibility index (Phi) is 5.38. The van der Waals surface area contributed by atoms with Gasteiger partial charge in [-0.25, -0.2) is 0 Å². The van der Waals surface area contributed by atoms with Crippen LogP contribution >= 0.6 is 11.6 Å². The Morgan fingerprint density at radius 1 is 1.00 bits per heavy atom. The summed E-state index contributed by atoms with van der Waals surface area (Å²) in [5.74, 6) is -2.41. The van der Waals surface area contributed by atoms with Gasteiger partial charge in [0.05, 0.1) is 16.5 Å². The highest BCUT2D eigenvalue weighted by Gasteiger charge is 2.47. The lowest BCUT2D eigenvalue weighted by Crippen LogP contribution is -2.29. The number of halogens is 1. The minimum Gasteiger partial charge on any atom is -0.508 e. The maximum absolute atomic E-state index is 13.0. The second kappa shape index (κ2) is 8.16.